The fraction of sp³-hybridized carbons (Fsp3) is 0.571. The molecule has 0 bridgehead atoms. The lowest BCUT2D eigenvalue weighted by molar-refractivity contribution is -0.137. The molecule has 1 saturated heterocycles. The number of rotatable bonds is 8. The highest BCUT2D eigenvalue weighted by Gasteiger charge is 2.49. The summed E-state index contributed by atoms with van der Waals surface area (Å²) in [5, 5.41) is 12.9. The molecule has 1 aliphatic heterocycles. The normalized spacial score (nSPS) is 20.0. The van der Waals surface area contributed by atoms with Crippen molar-refractivity contribution >= 4 is 45.1 Å². The summed E-state index contributed by atoms with van der Waals surface area (Å²) in [4.78, 5) is 17.9. The quantitative estimate of drug-likeness (QED) is 0.422. The molecule has 28 heavy (non-hydrogen) atoms. The minimum Gasteiger partial charge on any atom is -0.481 e. The zero-order chi connectivity index (χ0) is 20.0. The van der Waals surface area contributed by atoms with Gasteiger partial charge >= 0.3 is 5.97 Å². The third-order valence-corrected chi connectivity index (χ3v) is 6.53. The Morgan fingerprint density at radius 1 is 1.18 bits per heavy atom. The predicted molar refractivity (Wildman–Crippen MR) is 120 cm³/mol. The summed E-state index contributed by atoms with van der Waals surface area (Å²) in [6.45, 7) is 1.51. The van der Waals surface area contributed by atoms with E-state index in [0.717, 1.165) is 54.2 Å². The topological polar surface area (TPSA) is 64.9 Å². The van der Waals surface area contributed by atoms with Gasteiger partial charge in [-0.1, -0.05) is 53.7 Å². The van der Waals surface area contributed by atoms with Crippen molar-refractivity contribution in [2.45, 2.75) is 69.9 Å². The number of carboxylic acid groups (broad SMARTS) is 1. The monoisotopic (exact) mass is 465 g/mol. The molecule has 3 rings (SSSR count). The second kappa shape index (κ2) is 9.83. The van der Waals surface area contributed by atoms with E-state index in [1.165, 1.54) is 24.8 Å². The van der Waals surface area contributed by atoms with Gasteiger partial charge in [-0.3, -0.25) is 9.79 Å². The van der Waals surface area contributed by atoms with Crippen molar-refractivity contribution in [3.8, 4) is 0 Å². The van der Waals surface area contributed by atoms with Crippen molar-refractivity contribution < 1.29 is 9.90 Å². The molecule has 7 heteroatoms. The SMILES string of the molecule is O=C(O)CCCCCN=C1NC(=S)N(Cc2ccc(Br)cc2)C12CCCCC2. The summed E-state index contributed by atoms with van der Waals surface area (Å²) in [7, 11) is 0. The summed E-state index contributed by atoms with van der Waals surface area (Å²) in [5.74, 6) is 0.298. The zero-order valence-corrected chi connectivity index (χ0v) is 18.5. The van der Waals surface area contributed by atoms with Gasteiger partial charge in [0.25, 0.3) is 0 Å². The minimum atomic E-state index is -0.723. The van der Waals surface area contributed by atoms with Crippen LogP contribution in [-0.2, 0) is 11.3 Å². The van der Waals surface area contributed by atoms with E-state index in [4.69, 9.17) is 22.3 Å². The number of amidine groups is 1. The number of hydrogen-bond acceptors (Lipinski definition) is 3. The van der Waals surface area contributed by atoms with Crippen LogP contribution < -0.4 is 5.32 Å². The van der Waals surface area contributed by atoms with E-state index in [-0.39, 0.29) is 12.0 Å². The van der Waals surface area contributed by atoms with Crippen LogP contribution in [0.15, 0.2) is 33.7 Å². The maximum absolute atomic E-state index is 10.6. The van der Waals surface area contributed by atoms with Crippen molar-refractivity contribution in [3.63, 3.8) is 0 Å². The Balaban J connectivity index is 1.70. The van der Waals surface area contributed by atoms with E-state index >= 15 is 0 Å². The average molecular weight is 466 g/mol. The molecule has 0 aromatic heterocycles. The minimum absolute atomic E-state index is 0.108. The fourth-order valence-electron chi connectivity index (χ4n) is 4.19. The van der Waals surface area contributed by atoms with Crippen molar-refractivity contribution in [1.82, 2.24) is 10.2 Å². The summed E-state index contributed by atoms with van der Waals surface area (Å²) in [6, 6.07) is 8.42. The highest BCUT2D eigenvalue weighted by molar-refractivity contribution is 9.10. The summed E-state index contributed by atoms with van der Waals surface area (Å²) < 4.78 is 1.08. The van der Waals surface area contributed by atoms with Gasteiger partial charge in [-0.2, -0.15) is 0 Å². The van der Waals surface area contributed by atoms with E-state index < -0.39 is 5.97 Å². The lowest BCUT2D eigenvalue weighted by atomic mass is 9.80. The summed E-state index contributed by atoms with van der Waals surface area (Å²) in [5.41, 5.74) is 1.14. The number of benzene rings is 1. The van der Waals surface area contributed by atoms with E-state index in [2.05, 4.69) is 50.4 Å². The van der Waals surface area contributed by atoms with E-state index in [0.29, 0.717) is 6.42 Å². The Labute approximate surface area is 180 Å². The van der Waals surface area contributed by atoms with E-state index in [9.17, 15) is 4.79 Å². The number of hydrogen-bond donors (Lipinski definition) is 2. The molecule has 0 amide bonds. The van der Waals surface area contributed by atoms with Crippen molar-refractivity contribution in [3.05, 3.63) is 34.3 Å². The van der Waals surface area contributed by atoms with Gasteiger partial charge in [-0.05, 0) is 55.6 Å². The van der Waals surface area contributed by atoms with Crippen LogP contribution >= 0.6 is 28.1 Å². The van der Waals surface area contributed by atoms with Gasteiger partial charge in [0.2, 0.25) is 0 Å². The third-order valence-electron chi connectivity index (χ3n) is 5.68. The number of carbonyl (C=O) groups is 1. The molecule has 1 spiro atoms. The molecule has 2 aliphatic rings. The van der Waals surface area contributed by atoms with Gasteiger partial charge in [0, 0.05) is 24.0 Å². The smallest absolute Gasteiger partial charge is 0.303 e. The van der Waals surface area contributed by atoms with Crippen molar-refractivity contribution in [2.24, 2.45) is 4.99 Å². The van der Waals surface area contributed by atoms with Gasteiger partial charge in [0.1, 0.15) is 11.4 Å². The molecule has 1 heterocycles. The van der Waals surface area contributed by atoms with Gasteiger partial charge in [0.05, 0.1) is 0 Å². The molecule has 0 radical (unpaired) electrons. The van der Waals surface area contributed by atoms with Gasteiger partial charge in [-0.25, -0.2) is 0 Å². The molecular formula is C21H28BrN3O2S. The molecule has 1 aromatic carbocycles. The van der Waals surface area contributed by atoms with Crippen molar-refractivity contribution in [1.29, 1.82) is 0 Å². The highest BCUT2D eigenvalue weighted by Crippen LogP contribution is 2.39. The van der Waals surface area contributed by atoms with Crippen LogP contribution in [0.3, 0.4) is 0 Å². The number of thiocarbonyl (C=S) groups is 1. The molecule has 1 aliphatic carbocycles. The number of aliphatic imine (C=N–C) groups is 1. The Hall–Kier alpha value is -1.47. The van der Waals surface area contributed by atoms with Crippen LogP contribution in [0.25, 0.3) is 0 Å². The molecular weight excluding hydrogens is 438 g/mol. The molecule has 1 saturated carbocycles. The van der Waals surface area contributed by atoms with E-state index in [1.54, 1.807) is 0 Å². The Morgan fingerprint density at radius 3 is 2.57 bits per heavy atom. The number of nitrogens with zero attached hydrogens (tertiary/aromatic N) is 2. The third kappa shape index (κ3) is 5.11. The first-order valence-electron chi connectivity index (χ1n) is 10.1. The highest BCUT2D eigenvalue weighted by atomic mass is 79.9. The Morgan fingerprint density at radius 2 is 1.89 bits per heavy atom. The van der Waals surface area contributed by atoms with Crippen LogP contribution in [-0.4, -0.2) is 39.0 Å². The number of halogens is 1. The molecule has 2 N–H and O–H groups in total. The molecule has 5 nitrogen and oxygen atoms in total. The van der Waals surface area contributed by atoms with Gasteiger partial charge in [-0.15, -0.1) is 0 Å². The predicted octanol–water partition coefficient (Wildman–Crippen LogP) is 4.89. The first-order chi connectivity index (χ1) is 13.5. The summed E-state index contributed by atoms with van der Waals surface area (Å²) in [6.07, 6.45) is 8.57. The largest absolute Gasteiger partial charge is 0.481 e. The second-order valence-electron chi connectivity index (χ2n) is 7.67. The van der Waals surface area contributed by atoms with Crippen LogP contribution in [0.4, 0.5) is 0 Å². The van der Waals surface area contributed by atoms with E-state index in [1.807, 2.05) is 0 Å². The molecule has 0 atom stereocenters. The van der Waals surface area contributed by atoms with Gasteiger partial charge in [0.15, 0.2) is 5.11 Å². The maximum atomic E-state index is 10.6. The second-order valence-corrected chi connectivity index (χ2v) is 8.97. The van der Waals surface area contributed by atoms with Crippen LogP contribution in [0.5, 0.6) is 0 Å². The molecule has 1 aromatic rings. The van der Waals surface area contributed by atoms with Crippen LogP contribution in [0, 0.1) is 0 Å². The number of unbranched alkanes of at least 4 members (excludes halogenated alkanes) is 2. The lowest BCUT2D eigenvalue weighted by Crippen LogP contribution is -2.50. The number of carboxylic acids is 1. The van der Waals surface area contributed by atoms with Crippen LogP contribution in [0.1, 0.15) is 63.4 Å². The van der Waals surface area contributed by atoms with Crippen LogP contribution in [0.2, 0.25) is 0 Å². The summed E-state index contributed by atoms with van der Waals surface area (Å²) >= 11 is 9.21. The first-order valence-corrected chi connectivity index (χ1v) is 11.3. The van der Waals surface area contributed by atoms with Crippen molar-refractivity contribution in [2.75, 3.05) is 6.54 Å². The Bertz CT molecular complexity index is 730. The standard InChI is InChI=1S/C21H28BrN3O2S/c22-17-10-8-16(9-11-17)15-25-20(28)24-19(21(25)12-4-2-5-13-21)23-14-6-1-3-7-18(26)27/h8-11H,1-7,12-15H2,(H,26,27)(H,23,24,28). The fourth-order valence-corrected chi connectivity index (χ4v) is 4.79. The molecule has 2 fully saturated rings. The number of aliphatic carboxylic acids is 1. The zero-order valence-electron chi connectivity index (χ0n) is 16.1. The van der Waals surface area contributed by atoms with Gasteiger partial charge < -0.3 is 15.3 Å². The maximum Gasteiger partial charge on any atom is 0.303 e. The Kier molecular flexibility index (Phi) is 7.46. The number of nitrogens with one attached hydrogen (secondary N) is 1. The molecule has 0 unspecified atom stereocenters. The first kappa shape index (κ1) is 21.2. The average Bonchev–Trinajstić information content (AvgIpc) is 2.92. The molecule has 152 valence electrons. The lowest BCUT2D eigenvalue weighted by Gasteiger charge is -2.41.